The van der Waals surface area contributed by atoms with Crippen molar-refractivity contribution in [3.05, 3.63) is 35.1 Å². The van der Waals surface area contributed by atoms with Gasteiger partial charge in [0.05, 0.1) is 0 Å². The maximum Gasteiger partial charge on any atom is 0.218 e. The van der Waals surface area contributed by atoms with Gasteiger partial charge in [-0.2, -0.15) is 0 Å². The van der Waals surface area contributed by atoms with Crippen LogP contribution in [0.25, 0.3) is 0 Å². The van der Waals surface area contributed by atoms with E-state index in [1.165, 1.54) is 12.1 Å². The summed E-state index contributed by atoms with van der Waals surface area (Å²) < 4.78 is 13.4. The van der Waals surface area contributed by atoms with Crippen LogP contribution in [0.3, 0.4) is 0 Å². The Hall–Kier alpha value is -2.15. The lowest BCUT2D eigenvalue weighted by molar-refractivity contribution is -0.118. The number of benzene rings is 1. The van der Waals surface area contributed by atoms with Crippen LogP contribution in [0.15, 0.2) is 23.4 Å². The molecule has 0 spiro atoms. The molecule has 1 unspecified atom stereocenters. The normalized spacial score (nSPS) is 13.3. The molecule has 0 radical (unpaired) electrons. The molecule has 1 aromatic carbocycles. The molecule has 6 nitrogen and oxygen atoms in total. The van der Waals surface area contributed by atoms with Gasteiger partial charge in [0.2, 0.25) is 5.91 Å². The first-order valence-corrected chi connectivity index (χ1v) is 5.71. The minimum Gasteiger partial charge on any atom is -0.409 e. The average molecular weight is 268 g/mol. The SMILES string of the molecule is CC(CC(N)=O)NCc1cc(F)cc(/C(N)=N/O)c1. The zero-order valence-electron chi connectivity index (χ0n) is 10.6. The van der Waals surface area contributed by atoms with Crippen LogP contribution in [0, 0.1) is 5.82 Å². The monoisotopic (exact) mass is 268 g/mol. The van der Waals surface area contributed by atoms with Gasteiger partial charge in [-0.25, -0.2) is 4.39 Å². The van der Waals surface area contributed by atoms with Crippen LogP contribution in [0.4, 0.5) is 4.39 Å². The Labute approximate surface area is 110 Å². The zero-order valence-corrected chi connectivity index (χ0v) is 10.6. The maximum absolute atomic E-state index is 13.4. The molecule has 1 rings (SSSR count). The standard InChI is InChI=1S/C12H17FN4O2/c1-7(2-11(14)18)16-6-8-3-9(12(15)17-19)5-10(13)4-8/h3-5,7,16,19H,2,6H2,1H3,(H2,14,18)(H2,15,17). The van der Waals surface area contributed by atoms with E-state index in [2.05, 4.69) is 10.5 Å². The van der Waals surface area contributed by atoms with Crippen LogP contribution in [-0.2, 0) is 11.3 Å². The van der Waals surface area contributed by atoms with E-state index in [1.807, 2.05) is 0 Å². The molecule has 0 bridgehead atoms. The summed E-state index contributed by atoms with van der Waals surface area (Å²) in [5, 5.41) is 14.4. The highest BCUT2D eigenvalue weighted by Gasteiger charge is 2.08. The summed E-state index contributed by atoms with van der Waals surface area (Å²) in [5.74, 6) is -1.05. The molecule has 19 heavy (non-hydrogen) atoms. The van der Waals surface area contributed by atoms with Crippen molar-refractivity contribution in [1.82, 2.24) is 5.32 Å². The number of halogens is 1. The smallest absolute Gasteiger partial charge is 0.218 e. The van der Waals surface area contributed by atoms with Gasteiger partial charge in [0.15, 0.2) is 5.84 Å². The molecule has 1 aromatic rings. The summed E-state index contributed by atoms with van der Waals surface area (Å²) in [6.45, 7) is 2.15. The van der Waals surface area contributed by atoms with E-state index in [0.29, 0.717) is 17.7 Å². The van der Waals surface area contributed by atoms with Crippen molar-refractivity contribution in [3.8, 4) is 0 Å². The number of carbonyl (C=O) groups is 1. The minimum absolute atomic E-state index is 0.118. The van der Waals surface area contributed by atoms with E-state index in [0.717, 1.165) is 0 Å². The third-order valence-electron chi connectivity index (χ3n) is 2.52. The number of primary amides is 1. The highest BCUT2D eigenvalue weighted by molar-refractivity contribution is 5.97. The number of nitrogens with two attached hydrogens (primary N) is 2. The van der Waals surface area contributed by atoms with Crippen molar-refractivity contribution in [2.75, 3.05) is 0 Å². The molecular weight excluding hydrogens is 251 g/mol. The lowest BCUT2D eigenvalue weighted by Gasteiger charge is -2.12. The molecule has 0 heterocycles. The van der Waals surface area contributed by atoms with E-state index in [9.17, 15) is 9.18 Å². The number of hydrogen-bond donors (Lipinski definition) is 4. The van der Waals surface area contributed by atoms with Crippen molar-refractivity contribution in [1.29, 1.82) is 0 Å². The second kappa shape index (κ2) is 6.69. The van der Waals surface area contributed by atoms with Crippen LogP contribution in [0.5, 0.6) is 0 Å². The van der Waals surface area contributed by atoms with Gasteiger partial charge >= 0.3 is 0 Å². The fraction of sp³-hybridized carbons (Fsp3) is 0.333. The van der Waals surface area contributed by atoms with E-state index >= 15 is 0 Å². The number of oxime groups is 1. The fourth-order valence-electron chi connectivity index (χ4n) is 1.62. The van der Waals surface area contributed by atoms with Gasteiger partial charge in [-0.3, -0.25) is 4.79 Å². The summed E-state index contributed by atoms with van der Waals surface area (Å²) >= 11 is 0. The molecule has 0 aliphatic rings. The molecule has 0 fully saturated rings. The van der Waals surface area contributed by atoms with Crippen molar-refractivity contribution in [2.24, 2.45) is 16.6 Å². The van der Waals surface area contributed by atoms with Crippen LogP contribution >= 0.6 is 0 Å². The average Bonchev–Trinajstić information content (AvgIpc) is 2.34. The summed E-state index contributed by atoms with van der Waals surface area (Å²) in [4.78, 5) is 10.7. The number of carbonyl (C=O) groups excluding carboxylic acids is 1. The van der Waals surface area contributed by atoms with E-state index in [-0.39, 0.29) is 18.3 Å². The lowest BCUT2D eigenvalue weighted by atomic mass is 10.1. The third kappa shape index (κ3) is 4.92. The van der Waals surface area contributed by atoms with Crippen molar-refractivity contribution < 1.29 is 14.4 Å². The highest BCUT2D eigenvalue weighted by Crippen LogP contribution is 2.09. The van der Waals surface area contributed by atoms with Gasteiger partial charge in [0, 0.05) is 24.6 Å². The number of nitrogens with one attached hydrogen (secondary N) is 1. The molecule has 7 heteroatoms. The van der Waals surface area contributed by atoms with E-state index < -0.39 is 11.7 Å². The summed E-state index contributed by atoms with van der Waals surface area (Å²) in [5.41, 5.74) is 11.4. The predicted molar refractivity (Wildman–Crippen MR) is 69.0 cm³/mol. The first kappa shape index (κ1) is 14.9. The topological polar surface area (TPSA) is 114 Å². The number of hydrogen-bond acceptors (Lipinski definition) is 4. The highest BCUT2D eigenvalue weighted by atomic mass is 19.1. The van der Waals surface area contributed by atoms with Crippen molar-refractivity contribution in [2.45, 2.75) is 25.9 Å². The first-order valence-electron chi connectivity index (χ1n) is 5.71. The first-order chi connectivity index (χ1) is 8.92. The van der Waals surface area contributed by atoms with Gasteiger partial charge in [-0.1, -0.05) is 5.16 Å². The van der Waals surface area contributed by atoms with E-state index in [4.69, 9.17) is 16.7 Å². The lowest BCUT2D eigenvalue weighted by Crippen LogP contribution is -2.30. The van der Waals surface area contributed by atoms with Gasteiger partial charge in [-0.15, -0.1) is 0 Å². The van der Waals surface area contributed by atoms with Crippen molar-refractivity contribution >= 4 is 11.7 Å². The number of amidine groups is 1. The van der Waals surface area contributed by atoms with Crippen LogP contribution < -0.4 is 16.8 Å². The third-order valence-corrected chi connectivity index (χ3v) is 2.52. The van der Waals surface area contributed by atoms with Crippen LogP contribution in [0.1, 0.15) is 24.5 Å². The largest absolute Gasteiger partial charge is 0.409 e. The fourth-order valence-corrected chi connectivity index (χ4v) is 1.62. The quantitative estimate of drug-likeness (QED) is 0.257. The van der Waals surface area contributed by atoms with E-state index in [1.54, 1.807) is 13.0 Å². The second-order valence-corrected chi connectivity index (χ2v) is 4.29. The molecule has 0 saturated heterocycles. The Bertz CT molecular complexity index is 491. The Kier molecular flexibility index (Phi) is 5.25. The molecule has 104 valence electrons. The Balaban J connectivity index is 2.73. The second-order valence-electron chi connectivity index (χ2n) is 4.29. The molecule has 0 aromatic heterocycles. The Morgan fingerprint density at radius 2 is 2.16 bits per heavy atom. The number of rotatable bonds is 6. The molecule has 0 aliphatic heterocycles. The molecule has 0 saturated carbocycles. The predicted octanol–water partition coefficient (Wildman–Crippen LogP) is 0.274. The molecule has 1 amide bonds. The summed E-state index contributed by atoms with van der Waals surface area (Å²) in [7, 11) is 0. The maximum atomic E-state index is 13.4. The van der Waals surface area contributed by atoms with Crippen LogP contribution in [0.2, 0.25) is 0 Å². The van der Waals surface area contributed by atoms with Gasteiger partial charge in [-0.05, 0) is 30.7 Å². The van der Waals surface area contributed by atoms with Gasteiger partial charge in [0.25, 0.3) is 0 Å². The Morgan fingerprint density at radius 1 is 1.47 bits per heavy atom. The number of amides is 1. The van der Waals surface area contributed by atoms with Gasteiger partial charge in [0.1, 0.15) is 5.82 Å². The zero-order chi connectivity index (χ0) is 14.4. The minimum atomic E-state index is -0.483. The van der Waals surface area contributed by atoms with Crippen molar-refractivity contribution in [3.63, 3.8) is 0 Å². The van der Waals surface area contributed by atoms with Gasteiger partial charge < -0.3 is 22.0 Å². The molecule has 0 aliphatic carbocycles. The van der Waals surface area contributed by atoms with Crippen LogP contribution in [-0.4, -0.2) is 23.0 Å². The molecule has 1 atom stereocenters. The Morgan fingerprint density at radius 3 is 2.74 bits per heavy atom. The summed E-state index contributed by atoms with van der Waals surface area (Å²) in [6, 6.07) is 3.99. The molecule has 6 N–H and O–H groups in total. The number of nitrogens with zero attached hydrogens (tertiary/aromatic N) is 1. The summed E-state index contributed by atoms with van der Waals surface area (Å²) in [6.07, 6.45) is 0.197. The molecular formula is C12H17FN4O2.